The molecule has 328 valence electrons. The summed E-state index contributed by atoms with van der Waals surface area (Å²) >= 11 is 0. The van der Waals surface area contributed by atoms with Crippen LogP contribution in [0.5, 0.6) is 0 Å². The fourth-order valence-corrected chi connectivity index (χ4v) is 9.74. The van der Waals surface area contributed by atoms with Gasteiger partial charge >= 0.3 is 5.97 Å². The van der Waals surface area contributed by atoms with E-state index in [-0.39, 0.29) is 43.0 Å². The van der Waals surface area contributed by atoms with Gasteiger partial charge in [0.15, 0.2) is 0 Å². The van der Waals surface area contributed by atoms with Crippen LogP contribution in [0.4, 0.5) is 0 Å². The first-order chi connectivity index (χ1) is 27.4. The molecule has 0 radical (unpaired) electrons. The Labute approximate surface area is 345 Å². The quantitative estimate of drug-likeness (QED) is 0.178. The number of methoxy groups -OCH3 is 3. The number of piperidine rings is 1. The molecule has 15 atom stereocenters. The molecule has 0 aromatic rings. The van der Waals surface area contributed by atoms with Crippen LogP contribution < -0.4 is 0 Å². The number of nitrogens with zero attached hydrogens (tertiary/aromatic N) is 1. The summed E-state index contributed by atoms with van der Waals surface area (Å²) in [6, 6.07) is -1.94. The minimum atomic E-state index is -2.55. The van der Waals surface area contributed by atoms with E-state index in [1.807, 2.05) is 39.8 Å². The molecule has 13 nitrogen and oxygen atoms in total. The molecule has 2 bridgehead atoms. The molecule has 2 saturated heterocycles. The van der Waals surface area contributed by atoms with Crippen molar-refractivity contribution in [1.29, 1.82) is 0 Å². The summed E-state index contributed by atoms with van der Waals surface area (Å²) in [6.07, 6.45) is 4.72. The number of ketones is 2. The molecule has 1 unspecified atom stereocenters. The number of aliphatic hydroxyl groups is 3. The number of cyclic esters (lactones) is 1. The Hall–Kier alpha value is -2.78. The number of ether oxygens (including phenoxy) is 5. The summed E-state index contributed by atoms with van der Waals surface area (Å²) in [5.41, 5.74) is 1.63. The predicted octanol–water partition coefficient (Wildman–Crippen LogP) is 5.03. The van der Waals surface area contributed by atoms with Gasteiger partial charge in [-0.2, -0.15) is 0 Å². The van der Waals surface area contributed by atoms with Gasteiger partial charge in [-0.25, -0.2) is 4.79 Å². The van der Waals surface area contributed by atoms with E-state index in [1.165, 1.54) is 20.3 Å². The first-order valence-corrected chi connectivity index (χ1v) is 21.4. The Kier molecular flexibility index (Phi) is 17.5. The van der Waals surface area contributed by atoms with Gasteiger partial charge in [0.2, 0.25) is 5.79 Å². The zero-order chi connectivity index (χ0) is 43.1. The lowest BCUT2D eigenvalue weighted by molar-refractivity contribution is -0.302. The Morgan fingerprint density at radius 3 is 2.21 bits per heavy atom. The van der Waals surface area contributed by atoms with Gasteiger partial charge in [0.25, 0.3) is 11.7 Å². The average Bonchev–Trinajstić information content (AvgIpc) is 3.20. The zero-order valence-corrected chi connectivity index (χ0v) is 36.3. The lowest BCUT2D eigenvalue weighted by Gasteiger charge is -2.47. The van der Waals surface area contributed by atoms with Gasteiger partial charge in [0, 0.05) is 45.5 Å². The minimum Gasteiger partial charge on any atom is -0.456 e. The van der Waals surface area contributed by atoms with Crippen molar-refractivity contribution in [2.45, 2.75) is 173 Å². The van der Waals surface area contributed by atoms with Crippen LogP contribution in [-0.2, 0) is 42.9 Å². The molecule has 3 N–H and O–H groups in total. The Morgan fingerprint density at radius 2 is 1.59 bits per heavy atom. The topological polar surface area (TPSA) is 178 Å². The van der Waals surface area contributed by atoms with Crippen molar-refractivity contribution < 1.29 is 58.2 Å². The summed E-state index contributed by atoms with van der Waals surface area (Å²) in [7, 11) is 4.61. The highest BCUT2D eigenvalue weighted by molar-refractivity contribution is 6.39. The maximum absolute atomic E-state index is 14.5. The van der Waals surface area contributed by atoms with Crippen LogP contribution in [0.15, 0.2) is 36.0 Å². The Bertz CT molecular complexity index is 1510. The van der Waals surface area contributed by atoms with E-state index in [2.05, 4.69) is 6.58 Å². The van der Waals surface area contributed by atoms with Crippen molar-refractivity contribution in [3.05, 3.63) is 36.0 Å². The summed E-state index contributed by atoms with van der Waals surface area (Å²) in [4.78, 5) is 58.5. The zero-order valence-electron chi connectivity index (χ0n) is 36.3. The van der Waals surface area contributed by atoms with Crippen molar-refractivity contribution in [1.82, 2.24) is 4.90 Å². The molecule has 0 aromatic carbocycles. The van der Waals surface area contributed by atoms with Gasteiger partial charge in [0.1, 0.15) is 24.0 Å². The van der Waals surface area contributed by atoms with E-state index < -0.39 is 89.9 Å². The van der Waals surface area contributed by atoms with Crippen molar-refractivity contribution in [3.8, 4) is 0 Å². The van der Waals surface area contributed by atoms with Crippen molar-refractivity contribution in [3.63, 3.8) is 0 Å². The number of rotatable bonds is 7. The molecule has 4 rings (SSSR count). The average molecular weight is 818 g/mol. The molecule has 3 aliphatic heterocycles. The van der Waals surface area contributed by atoms with Gasteiger partial charge in [-0.05, 0) is 95.5 Å². The van der Waals surface area contributed by atoms with Gasteiger partial charge in [-0.1, -0.05) is 51.5 Å². The number of Topliss-reactive ketones (excluding diaryl/α,β-unsaturated/α-hetero) is 2. The second-order valence-corrected chi connectivity index (χ2v) is 17.6. The lowest BCUT2D eigenvalue weighted by atomic mass is 9.81. The highest BCUT2D eigenvalue weighted by Crippen LogP contribution is 2.40. The van der Waals surface area contributed by atoms with Crippen molar-refractivity contribution in [2.24, 2.45) is 29.6 Å². The molecule has 13 heteroatoms. The number of hydrogen-bond donors (Lipinski definition) is 3. The minimum absolute atomic E-state index is 0.0175. The van der Waals surface area contributed by atoms with Gasteiger partial charge in [0.05, 0.1) is 36.6 Å². The third-order valence-electron chi connectivity index (χ3n) is 13.3. The van der Waals surface area contributed by atoms with E-state index >= 15 is 0 Å². The number of allylic oxidation sites excluding steroid dienone is 3. The smallest absolute Gasteiger partial charge is 0.329 e. The lowest BCUT2D eigenvalue weighted by Crippen LogP contribution is -2.65. The van der Waals surface area contributed by atoms with E-state index in [4.69, 9.17) is 23.7 Å². The molecule has 58 heavy (non-hydrogen) atoms. The molecule has 0 aromatic heterocycles. The van der Waals surface area contributed by atoms with Crippen LogP contribution in [-0.4, -0.2) is 126 Å². The van der Waals surface area contributed by atoms with Crippen LogP contribution >= 0.6 is 0 Å². The molecule has 3 heterocycles. The van der Waals surface area contributed by atoms with Gasteiger partial charge < -0.3 is 43.9 Å². The Morgan fingerprint density at radius 1 is 0.931 bits per heavy atom. The maximum Gasteiger partial charge on any atom is 0.329 e. The molecule has 1 amide bonds. The third-order valence-corrected chi connectivity index (χ3v) is 13.3. The largest absolute Gasteiger partial charge is 0.456 e. The second-order valence-electron chi connectivity index (χ2n) is 17.6. The monoisotopic (exact) mass is 817 g/mol. The van der Waals surface area contributed by atoms with Crippen LogP contribution in [0.25, 0.3) is 0 Å². The fourth-order valence-electron chi connectivity index (χ4n) is 9.74. The van der Waals surface area contributed by atoms with Crippen LogP contribution in [0.2, 0.25) is 0 Å². The summed E-state index contributed by atoms with van der Waals surface area (Å²) < 4.78 is 29.9. The molecule has 1 saturated carbocycles. The first-order valence-electron chi connectivity index (χ1n) is 21.4. The SMILES string of the molecule is C=CC1CCC[C@H]2C(=O)O[C@H](/C(C)=C/[C@@H]3CC[C@@H](O)[C@H](OC)C3)[C@H](C)[C@@H](O)CC(=O)[C@H](CC)/C=C(\C)C[C@H](C)C[C@H](OC)[C@H]3O[C@@](O)(C(=O)C(=O)N12)[C@H](C)C[C@@H]3OC. The third kappa shape index (κ3) is 10.9. The second kappa shape index (κ2) is 21.1. The molecule has 3 fully saturated rings. The fraction of sp³-hybridized carbons (Fsp3) is 0.778. The first kappa shape index (κ1) is 47.9. The number of hydrogen-bond acceptors (Lipinski definition) is 12. The highest BCUT2D eigenvalue weighted by Gasteiger charge is 2.57. The standard InChI is InChI=1S/C45H71NO12/c1-11-31-19-25(3)18-26(4)20-38(55-9)41-39(56-10)22-28(6)45(53,58-41)42(50)43(51)46-32(12-2)14-13-15-33(46)44(52)57-40(29(7)35(48)24-36(31)49)27(5)21-30-16-17-34(47)37(23-30)54-8/h12,19,21,26,28-35,37-41,47-48,53H,2,11,13-18,20,22-24H2,1,3-10H3/b25-19+,27-21+/t26-,28+,29+,30-,31+,32?,33-,34+,35-,37+,38-,39-,40+,41+,45+/m0/s1. The molecular formula is C45H71NO12. The molecular weight excluding hydrogens is 746 g/mol. The molecule has 0 spiro atoms. The van der Waals surface area contributed by atoms with Gasteiger partial charge in [-0.15, -0.1) is 6.58 Å². The number of amides is 1. The summed E-state index contributed by atoms with van der Waals surface area (Å²) in [5, 5.41) is 34.3. The number of fused-ring (bicyclic) bond motifs is 3. The van der Waals surface area contributed by atoms with E-state index in [0.717, 1.165) is 10.5 Å². The van der Waals surface area contributed by atoms with Crippen molar-refractivity contribution in [2.75, 3.05) is 21.3 Å². The predicted molar refractivity (Wildman–Crippen MR) is 217 cm³/mol. The Balaban J connectivity index is 1.81. The maximum atomic E-state index is 14.5. The van der Waals surface area contributed by atoms with Crippen molar-refractivity contribution >= 4 is 23.4 Å². The molecule has 1 aliphatic carbocycles. The molecule has 4 aliphatic rings. The van der Waals surface area contributed by atoms with Crippen LogP contribution in [0, 0.1) is 29.6 Å². The van der Waals surface area contributed by atoms with Crippen LogP contribution in [0.1, 0.15) is 112 Å². The van der Waals surface area contributed by atoms with Crippen LogP contribution in [0.3, 0.4) is 0 Å². The van der Waals surface area contributed by atoms with E-state index in [9.17, 15) is 34.5 Å². The van der Waals surface area contributed by atoms with E-state index in [1.54, 1.807) is 21.0 Å². The van der Waals surface area contributed by atoms with E-state index in [0.29, 0.717) is 56.9 Å². The highest BCUT2D eigenvalue weighted by atomic mass is 16.7. The number of carbonyl (C=O) groups excluding carboxylic acids is 4. The summed E-state index contributed by atoms with van der Waals surface area (Å²) in [6.45, 7) is 15.0. The number of esters is 1. The number of carbonyl (C=O) groups is 4. The summed E-state index contributed by atoms with van der Waals surface area (Å²) in [5.74, 6) is -7.80. The number of aliphatic hydroxyl groups excluding tert-OH is 2. The van der Waals surface area contributed by atoms with Gasteiger partial charge in [-0.3, -0.25) is 14.4 Å². The normalized spacial score (nSPS) is 41.8.